The van der Waals surface area contributed by atoms with Crippen molar-refractivity contribution in [2.45, 2.75) is 19.9 Å². The summed E-state index contributed by atoms with van der Waals surface area (Å²) in [7, 11) is 5.75. The van der Waals surface area contributed by atoms with Crippen molar-refractivity contribution in [2.75, 3.05) is 32.6 Å². The zero-order valence-corrected chi connectivity index (χ0v) is 14.9. The molecule has 23 heavy (non-hydrogen) atoms. The molecule has 7 heteroatoms. The van der Waals surface area contributed by atoms with Crippen LogP contribution in [0.3, 0.4) is 0 Å². The standard InChI is InChI=1S/C16H24N6S/c1-12-10-20-15(23-12)6-8-19-16(17-2)21-11-13-5-7-18-14(9-13)22(3)4/h5,7,9-10H,6,8,11H2,1-4H3,(H2,17,19,21). The van der Waals surface area contributed by atoms with Gasteiger partial charge in [0.2, 0.25) is 0 Å². The lowest BCUT2D eigenvalue weighted by Crippen LogP contribution is -2.37. The van der Waals surface area contributed by atoms with E-state index in [4.69, 9.17) is 0 Å². The van der Waals surface area contributed by atoms with Gasteiger partial charge in [-0.1, -0.05) is 0 Å². The van der Waals surface area contributed by atoms with Crippen molar-refractivity contribution in [3.05, 3.63) is 40.0 Å². The summed E-state index contributed by atoms with van der Waals surface area (Å²) in [5.41, 5.74) is 1.17. The van der Waals surface area contributed by atoms with Crippen molar-refractivity contribution >= 4 is 23.1 Å². The van der Waals surface area contributed by atoms with Gasteiger partial charge in [-0.2, -0.15) is 0 Å². The van der Waals surface area contributed by atoms with Gasteiger partial charge in [0.25, 0.3) is 0 Å². The molecule has 2 aromatic heterocycles. The third-order valence-corrected chi connectivity index (χ3v) is 4.22. The molecule has 0 unspecified atom stereocenters. The molecule has 2 rings (SSSR count). The summed E-state index contributed by atoms with van der Waals surface area (Å²) in [6.45, 7) is 3.59. The first kappa shape index (κ1) is 17.2. The average molecular weight is 332 g/mol. The molecule has 0 radical (unpaired) electrons. The minimum atomic E-state index is 0.708. The van der Waals surface area contributed by atoms with E-state index >= 15 is 0 Å². The first-order chi connectivity index (χ1) is 11.1. The van der Waals surface area contributed by atoms with Gasteiger partial charge in [-0.3, -0.25) is 4.99 Å². The molecule has 0 saturated heterocycles. The van der Waals surface area contributed by atoms with E-state index in [0.717, 1.165) is 29.8 Å². The Bertz CT molecular complexity index is 650. The summed E-state index contributed by atoms with van der Waals surface area (Å²) < 4.78 is 0. The predicted octanol–water partition coefficient (Wildman–Crippen LogP) is 1.82. The first-order valence-corrected chi connectivity index (χ1v) is 8.38. The fourth-order valence-corrected chi connectivity index (χ4v) is 2.81. The van der Waals surface area contributed by atoms with Gasteiger partial charge in [0.1, 0.15) is 5.82 Å². The number of aryl methyl sites for hydroxylation is 1. The number of hydrogen-bond donors (Lipinski definition) is 2. The van der Waals surface area contributed by atoms with E-state index in [0.29, 0.717) is 6.54 Å². The molecule has 0 aliphatic carbocycles. The number of thiazole rings is 1. The van der Waals surface area contributed by atoms with Gasteiger partial charge < -0.3 is 15.5 Å². The van der Waals surface area contributed by atoms with Crippen LogP contribution in [0.1, 0.15) is 15.4 Å². The fourth-order valence-electron chi connectivity index (χ4n) is 2.03. The zero-order valence-electron chi connectivity index (χ0n) is 14.1. The van der Waals surface area contributed by atoms with E-state index < -0.39 is 0 Å². The molecule has 6 nitrogen and oxygen atoms in total. The van der Waals surface area contributed by atoms with Crippen LogP contribution in [0.5, 0.6) is 0 Å². The van der Waals surface area contributed by atoms with E-state index in [2.05, 4.69) is 38.6 Å². The molecule has 0 atom stereocenters. The van der Waals surface area contributed by atoms with Crippen LogP contribution in [0.25, 0.3) is 0 Å². The predicted molar refractivity (Wildman–Crippen MR) is 97.3 cm³/mol. The van der Waals surface area contributed by atoms with Crippen LogP contribution in [-0.2, 0) is 13.0 Å². The Morgan fingerprint density at radius 1 is 1.30 bits per heavy atom. The molecule has 0 spiro atoms. The number of nitrogens with zero attached hydrogens (tertiary/aromatic N) is 4. The molecule has 0 amide bonds. The number of nitrogens with one attached hydrogen (secondary N) is 2. The molecule has 0 aliphatic rings. The minimum absolute atomic E-state index is 0.708. The second-order valence-corrected chi connectivity index (χ2v) is 6.70. The highest BCUT2D eigenvalue weighted by molar-refractivity contribution is 7.11. The van der Waals surface area contributed by atoms with Crippen LogP contribution in [0.4, 0.5) is 5.82 Å². The number of hydrogen-bond acceptors (Lipinski definition) is 5. The summed E-state index contributed by atoms with van der Waals surface area (Å²) in [4.78, 5) is 16.2. The van der Waals surface area contributed by atoms with Crippen molar-refractivity contribution in [1.29, 1.82) is 0 Å². The van der Waals surface area contributed by atoms with Crippen molar-refractivity contribution in [3.8, 4) is 0 Å². The lowest BCUT2D eigenvalue weighted by molar-refractivity contribution is 0.791. The number of aromatic nitrogens is 2. The smallest absolute Gasteiger partial charge is 0.191 e. The molecular formula is C16H24N6S. The SMILES string of the molecule is CN=C(NCCc1ncc(C)s1)NCc1ccnc(N(C)C)c1. The maximum atomic E-state index is 4.36. The van der Waals surface area contributed by atoms with Crippen molar-refractivity contribution < 1.29 is 0 Å². The molecule has 124 valence electrons. The van der Waals surface area contributed by atoms with Crippen LogP contribution in [0.2, 0.25) is 0 Å². The zero-order chi connectivity index (χ0) is 16.7. The van der Waals surface area contributed by atoms with E-state index in [1.165, 1.54) is 10.4 Å². The normalized spacial score (nSPS) is 11.4. The molecule has 0 bridgehead atoms. The van der Waals surface area contributed by atoms with Gasteiger partial charge in [0, 0.05) is 57.9 Å². The molecular weight excluding hydrogens is 308 g/mol. The Hall–Kier alpha value is -2.15. The molecule has 2 heterocycles. The second-order valence-electron chi connectivity index (χ2n) is 5.38. The van der Waals surface area contributed by atoms with Crippen molar-refractivity contribution in [3.63, 3.8) is 0 Å². The average Bonchev–Trinajstić information content (AvgIpc) is 2.96. The first-order valence-electron chi connectivity index (χ1n) is 7.56. The molecule has 0 aromatic carbocycles. The van der Waals surface area contributed by atoms with Gasteiger partial charge in [0.05, 0.1) is 5.01 Å². The fraction of sp³-hybridized carbons (Fsp3) is 0.438. The lowest BCUT2D eigenvalue weighted by Gasteiger charge is -2.14. The molecule has 0 saturated carbocycles. The largest absolute Gasteiger partial charge is 0.363 e. The van der Waals surface area contributed by atoms with Crippen LogP contribution >= 0.6 is 11.3 Å². The molecule has 0 aliphatic heterocycles. The third kappa shape index (κ3) is 5.52. The number of pyridine rings is 1. The monoisotopic (exact) mass is 332 g/mol. The third-order valence-electron chi connectivity index (χ3n) is 3.25. The minimum Gasteiger partial charge on any atom is -0.363 e. The summed E-state index contributed by atoms with van der Waals surface area (Å²) in [5.74, 6) is 1.74. The lowest BCUT2D eigenvalue weighted by atomic mass is 10.2. The number of guanidine groups is 1. The Labute approximate surface area is 141 Å². The van der Waals surface area contributed by atoms with Gasteiger partial charge in [-0.15, -0.1) is 11.3 Å². The van der Waals surface area contributed by atoms with Gasteiger partial charge in [-0.05, 0) is 24.6 Å². The molecule has 2 aromatic rings. The number of anilines is 1. The van der Waals surface area contributed by atoms with E-state index in [1.807, 2.05) is 37.5 Å². The van der Waals surface area contributed by atoms with Crippen LogP contribution < -0.4 is 15.5 Å². The Morgan fingerprint density at radius 3 is 2.78 bits per heavy atom. The summed E-state index contributed by atoms with van der Waals surface area (Å²) >= 11 is 1.74. The van der Waals surface area contributed by atoms with Crippen LogP contribution in [0, 0.1) is 6.92 Å². The summed E-state index contributed by atoms with van der Waals surface area (Å²) in [6.07, 6.45) is 4.64. The summed E-state index contributed by atoms with van der Waals surface area (Å²) in [6, 6.07) is 4.07. The van der Waals surface area contributed by atoms with E-state index in [9.17, 15) is 0 Å². The maximum absolute atomic E-state index is 4.36. The van der Waals surface area contributed by atoms with Gasteiger partial charge >= 0.3 is 0 Å². The highest BCUT2D eigenvalue weighted by atomic mass is 32.1. The number of aliphatic imine (C=N–C) groups is 1. The second kappa shape index (κ2) is 8.47. The number of rotatable bonds is 6. The van der Waals surface area contributed by atoms with Crippen LogP contribution in [0.15, 0.2) is 29.5 Å². The quantitative estimate of drug-likeness (QED) is 0.624. The van der Waals surface area contributed by atoms with Crippen molar-refractivity contribution in [1.82, 2.24) is 20.6 Å². The van der Waals surface area contributed by atoms with E-state index in [1.54, 1.807) is 18.4 Å². The summed E-state index contributed by atoms with van der Waals surface area (Å²) in [5, 5.41) is 7.78. The molecule has 2 N–H and O–H groups in total. The Balaban J connectivity index is 1.79. The van der Waals surface area contributed by atoms with Crippen molar-refractivity contribution in [2.24, 2.45) is 4.99 Å². The topological polar surface area (TPSA) is 65.4 Å². The van der Waals surface area contributed by atoms with E-state index in [-0.39, 0.29) is 0 Å². The Morgan fingerprint density at radius 2 is 2.13 bits per heavy atom. The van der Waals surface area contributed by atoms with Gasteiger partial charge in [0.15, 0.2) is 5.96 Å². The maximum Gasteiger partial charge on any atom is 0.191 e. The van der Waals surface area contributed by atoms with Gasteiger partial charge in [-0.25, -0.2) is 9.97 Å². The van der Waals surface area contributed by atoms with Crippen LogP contribution in [-0.4, -0.2) is 43.6 Å². The molecule has 0 fully saturated rings. The highest BCUT2D eigenvalue weighted by Gasteiger charge is 2.03. The Kier molecular flexibility index (Phi) is 6.34. The highest BCUT2D eigenvalue weighted by Crippen LogP contribution is 2.11.